The SMILES string of the molecule is O=C(O)c1ccc(C(=O)N2CCCC2c2ccc3c(c2)OCCO3)s1. The fraction of sp³-hybridized carbons (Fsp3) is 0.333. The zero-order chi connectivity index (χ0) is 17.4. The Balaban J connectivity index is 1.59. The second-order valence-corrected chi connectivity index (χ2v) is 7.11. The predicted octanol–water partition coefficient (Wildman–Crippen LogP) is 3.19. The van der Waals surface area contributed by atoms with Crippen LogP contribution in [-0.4, -0.2) is 41.6 Å². The van der Waals surface area contributed by atoms with Crippen molar-refractivity contribution in [3.8, 4) is 11.5 Å². The molecule has 0 radical (unpaired) electrons. The Hall–Kier alpha value is -2.54. The van der Waals surface area contributed by atoms with E-state index in [0.29, 0.717) is 30.4 Å². The molecule has 0 spiro atoms. The summed E-state index contributed by atoms with van der Waals surface area (Å²) in [4.78, 5) is 26.3. The number of carboxylic acids is 1. The minimum atomic E-state index is -1.01. The van der Waals surface area contributed by atoms with Crippen LogP contribution in [0.25, 0.3) is 0 Å². The molecule has 1 aromatic heterocycles. The molecule has 2 aromatic rings. The van der Waals surface area contributed by atoms with E-state index in [1.807, 2.05) is 23.1 Å². The van der Waals surface area contributed by atoms with Gasteiger partial charge in [-0.15, -0.1) is 11.3 Å². The van der Waals surface area contributed by atoms with Crippen molar-refractivity contribution in [1.82, 2.24) is 4.90 Å². The fourth-order valence-electron chi connectivity index (χ4n) is 3.33. The second-order valence-electron chi connectivity index (χ2n) is 6.03. The highest BCUT2D eigenvalue weighted by Gasteiger charge is 2.32. The molecular formula is C18H17NO5S. The van der Waals surface area contributed by atoms with Crippen molar-refractivity contribution in [2.75, 3.05) is 19.8 Å². The normalized spacial score (nSPS) is 19.0. The van der Waals surface area contributed by atoms with Crippen LogP contribution < -0.4 is 9.47 Å². The summed E-state index contributed by atoms with van der Waals surface area (Å²) in [6, 6.07) is 8.85. The molecule has 1 unspecified atom stereocenters. The van der Waals surface area contributed by atoms with E-state index < -0.39 is 5.97 Å². The molecule has 1 fully saturated rings. The molecule has 1 aromatic carbocycles. The zero-order valence-electron chi connectivity index (χ0n) is 13.4. The third kappa shape index (κ3) is 2.95. The first kappa shape index (κ1) is 16.0. The Morgan fingerprint density at radius 2 is 1.84 bits per heavy atom. The van der Waals surface area contributed by atoms with E-state index in [1.54, 1.807) is 6.07 Å². The third-order valence-corrected chi connectivity index (χ3v) is 5.55. The summed E-state index contributed by atoms with van der Waals surface area (Å²) in [6.07, 6.45) is 1.80. The largest absolute Gasteiger partial charge is 0.486 e. The van der Waals surface area contributed by atoms with Crippen LogP contribution in [-0.2, 0) is 0 Å². The molecule has 0 bridgehead atoms. The quantitative estimate of drug-likeness (QED) is 0.911. The van der Waals surface area contributed by atoms with Crippen molar-refractivity contribution >= 4 is 23.2 Å². The first-order valence-electron chi connectivity index (χ1n) is 8.17. The molecule has 3 heterocycles. The van der Waals surface area contributed by atoms with Gasteiger partial charge in [-0.25, -0.2) is 4.79 Å². The second kappa shape index (κ2) is 6.40. The lowest BCUT2D eigenvalue weighted by Crippen LogP contribution is -2.30. The van der Waals surface area contributed by atoms with E-state index in [9.17, 15) is 9.59 Å². The number of rotatable bonds is 3. The molecule has 0 aliphatic carbocycles. The highest BCUT2D eigenvalue weighted by Crippen LogP contribution is 2.39. The number of fused-ring (bicyclic) bond motifs is 1. The number of carbonyl (C=O) groups is 2. The lowest BCUT2D eigenvalue weighted by molar-refractivity contribution is 0.0701. The monoisotopic (exact) mass is 359 g/mol. The zero-order valence-corrected chi connectivity index (χ0v) is 14.3. The average molecular weight is 359 g/mol. The Morgan fingerprint density at radius 1 is 1.08 bits per heavy atom. The van der Waals surface area contributed by atoms with E-state index >= 15 is 0 Å². The molecule has 7 heteroatoms. The van der Waals surface area contributed by atoms with Gasteiger partial charge in [0.2, 0.25) is 0 Å². The lowest BCUT2D eigenvalue weighted by Gasteiger charge is -2.26. The smallest absolute Gasteiger partial charge is 0.345 e. The van der Waals surface area contributed by atoms with Gasteiger partial charge >= 0.3 is 5.97 Å². The molecular weight excluding hydrogens is 342 g/mol. The van der Waals surface area contributed by atoms with Crippen LogP contribution in [0.1, 0.15) is 43.8 Å². The Kier molecular flexibility index (Phi) is 4.09. The lowest BCUT2D eigenvalue weighted by atomic mass is 10.0. The van der Waals surface area contributed by atoms with Crippen LogP contribution in [0.3, 0.4) is 0 Å². The summed E-state index contributed by atoms with van der Waals surface area (Å²) in [5.41, 5.74) is 1.02. The molecule has 130 valence electrons. The summed E-state index contributed by atoms with van der Waals surface area (Å²) in [5, 5.41) is 9.05. The summed E-state index contributed by atoms with van der Waals surface area (Å²) in [7, 11) is 0. The summed E-state index contributed by atoms with van der Waals surface area (Å²) in [6.45, 7) is 1.74. The van der Waals surface area contributed by atoms with Crippen molar-refractivity contribution in [1.29, 1.82) is 0 Å². The van der Waals surface area contributed by atoms with Crippen molar-refractivity contribution < 1.29 is 24.2 Å². The highest BCUT2D eigenvalue weighted by molar-refractivity contribution is 7.15. The number of hydrogen-bond donors (Lipinski definition) is 1. The number of ether oxygens (including phenoxy) is 2. The molecule has 1 saturated heterocycles. The highest BCUT2D eigenvalue weighted by atomic mass is 32.1. The number of nitrogens with zero attached hydrogens (tertiary/aromatic N) is 1. The molecule has 0 saturated carbocycles. The minimum Gasteiger partial charge on any atom is -0.486 e. The Bertz CT molecular complexity index is 831. The molecule has 25 heavy (non-hydrogen) atoms. The third-order valence-electron chi connectivity index (χ3n) is 4.49. The van der Waals surface area contributed by atoms with Gasteiger partial charge < -0.3 is 19.5 Å². The summed E-state index contributed by atoms with van der Waals surface area (Å²) < 4.78 is 11.2. The van der Waals surface area contributed by atoms with E-state index in [0.717, 1.165) is 35.5 Å². The number of benzene rings is 1. The van der Waals surface area contributed by atoms with E-state index in [-0.39, 0.29) is 16.8 Å². The Morgan fingerprint density at radius 3 is 2.60 bits per heavy atom. The first-order valence-corrected chi connectivity index (χ1v) is 8.99. The number of thiophene rings is 1. The van der Waals surface area contributed by atoms with Crippen LogP contribution in [0, 0.1) is 0 Å². The van der Waals surface area contributed by atoms with Crippen LogP contribution >= 0.6 is 11.3 Å². The van der Waals surface area contributed by atoms with Crippen molar-refractivity contribution in [2.45, 2.75) is 18.9 Å². The van der Waals surface area contributed by atoms with Gasteiger partial charge in [0.05, 0.1) is 10.9 Å². The minimum absolute atomic E-state index is 0.0290. The maximum Gasteiger partial charge on any atom is 0.345 e. The van der Waals surface area contributed by atoms with Crippen LogP contribution in [0.4, 0.5) is 0 Å². The predicted molar refractivity (Wildman–Crippen MR) is 91.7 cm³/mol. The topological polar surface area (TPSA) is 76.1 Å². The standard InChI is InChI=1S/C18H17NO5S/c20-17(15-5-6-16(25-15)18(21)22)19-7-1-2-12(19)11-3-4-13-14(10-11)24-9-8-23-13/h3-6,10,12H,1-2,7-9H2,(H,21,22). The number of carboxylic acid groups (broad SMARTS) is 1. The van der Waals surface area contributed by atoms with E-state index in [1.165, 1.54) is 6.07 Å². The van der Waals surface area contributed by atoms with Gasteiger partial charge in [-0.05, 0) is 42.7 Å². The summed E-state index contributed by atoms with van der Waals surface area (Å²) in [5.74, 6) is 0.325. The molecule has 1 N–H and O–H groups in total. The molecule has 6 nitrogen and oxygen atoms in total. The van der Waals surface area contributed by atoms with Crippen LogP contribution in [0.2, 0.25) is 0 Å². The molecule has 2 aliphatic rings. The van der Waals surface area contributed by atoms with Gasteiger partial charge in [0.25, 0.3) is 5.91 Å². The van der Waals surface area contributed by atoms with E-state index in [4.69, 9.17) is 14.6 Å². The van der Waals surface area contributed by atoms with Crippen molar-refractivity contribution in [3.05, 3.63) is 45.6 Å². The summed E-state index contributed by atoms with van der Waals surface area (Å²) >= 11 is 1.02. The number of aromatic carboxylic acids is 1. The number of amides is 1. The fourth-order valence-corrected chi connectivity index (χ4v) is 4.13. The number of likely N-dealkylation sites (tertiary alicyclic amines) is 1. The molecule has 2 aliphatic heterocycles. The van der Waals surface area contributed by atoms with Crippen LogP contribution in [0.15, 0.2) is 30.3 Å². The van der Waals surface area contributed by atoms with E-state index in [2.05, 4.69) is 0 Å². The first-order chi connectivity index (χ1) is 12.1. The van der Waals surface area contributed by atoms with Crippen LogP contribution in [0.5, 0.6) is 11.5 Å². The molecule has 1 atom stereocenters. The average Bonchev–Trinajstić information content (AvgIpc) is 3.30. The van der Waals surface area contributed by atoms with Gasteiger partial charge in [-0.1, -0.05) is 6.07 Å². The maximum atomic E-state index is 12.8. The number of carbonyl (C=O) groups excluding carboxylic acids is 1. The van der Waals surface area contributed by atoms with Gasteiger partial charge in [-0.2, -0.15) is 0 Å². The van der Waals surface area contributed by atoms with Gasteiger partial charge in [0.1, 0.15) is 18.1 Å². The van der Waals surface area contributed by atoms with Crippen molar-refractivity contribution in [2.24, 2.45) is 0 Å². The van der Waals surface area contributed by atoms with Gasteiger partial charge in [0.15, 0.2) is 11.5 Å². The van der Waals surface area contributed by atoms with Gasteiger partial charge in [-0.3, -0.25) is 4.79 Å². The molecule has 1 amide bonds. The van der Waals surface area contributed by atoms with Crippen molar-refractivity contribution in [3.63, 3.8) is 0 Å². The number of hydrogen-bond acceptors (Lipinski definition) is 5. The van der Waals surface area contributed by atoms with Gasteiger partial charge in [0, 0.05) is 6.54 Å². The Labute approximate surface area is 148 Å². The molecule has 4 rings (SSSR count). The maximum absolute atomic E-state index is 12.8.